The van der Waals surface area contributed by atoms with E-state index in [2.05, 4.69) is 26.0 Å². The Morgan fingerprint density at radius 2 is 1.91 bits per heavy atom. The van der Waals surface area contributed by atoms with Gasteiger partial charge < -0.3 is 14.5 Å². The van der Waals surface area contributed by atoms with Crippen LogP contribution in [0.4, 0.5) is 14.5 Å². The first-order valence-electron chi connectivity index (χ1n) is 6.28. The van der Waals surface area contributed by atoms with Crippen molar-refractivity contribution in [2.45, 2.75) is 0 Å². The number of nitrogens with one attached hydrogen (secondary N) is 1. The maximum Gasteiger partial charge on any atom is 0.331 e. The van der Waals surface area contributed by atoms with Gasteiger partial charge in [-0.2, -0.15) is 0 Å². The van der Waals surface area contributed by atoms with Gasteiger partial charge in [0.05, 0.1) is 0 Å². The van der Waals surface area contributed by atoms with Crippen molar-refractivity contribution in [3.8, 4) is 0 Å². The number of ether oxygens (including phenoxy) is 1. The normalized spacial score (nSPS) is 10.7. The molecule has 1 amide bonds. The molecule has 0 fully saturated rings. The second kappa shape index (κ2) is 7.68. The highest BCUT2D eigenvalue weighted by molar-refractivity contribution is 9.10. The van der Waals surface area contributed by atoms with Crippen molar-refractivity contribution < 1.29 is 27.5 Å². The van der Waals surface area contributed by atoms with Gasteiger partial charge in [-0.15, -0.1) is 0 Å². The molecule has 0 aliphatic rings. The summed E-state index contributed by atoms with van der Waals surface area (Å²) in [6, 6.07) is 5.83. The van der Waals surface area contributed by atoms with Gasteiger partial charge >= 0.3 is 5.97 Å². The number of carbonyl (C=O) groups excluding carboxylic acids is 2. The van der Waals surface area contributed by atoms with E-state index in [-0.39, 0.29) is 5.69 Å². The summed E-state index contributed by atoms with van der Waals surface area (Å²) in [7, 11) is 0. The maximum absolute atomic E-state index is 13.0. The maximum atomic E-state index is 13.0. The monoisotopic (exact) mass is 385 g/mol. The van der Waals surface area contributed by atoms with Gasteiger partial charge in [0.15, 0.2) is 11.3 Å². The van der Waals surface area contributed by atoms with Crippen LogP contribution >= 0.6 is 15.9 Å². The molecule has 0 aliphatic heterocycles. The molecule has 8 heteroatoms. The molecule has 120 valence electrons. The van der Waals surface area contributed by atoms with Crippen molar-refractivity contribution in [2.75, 3.05) is 11.9 Å². The fourth-order valence-corrected chi connectivity index (χ4v) is 1.89. The van der Waals surface area contributed by atoms with Gasteiger partial charge in [0.1, 0.15) is 17.4 Å². The van der Waals surface area contributed by atoms with Crippen LogP contribution in [0.1, 0.15) is 5.76 Å². The molecule has 23 heavy (non-hydrogen) atoms. The molecule has 0 spiro atoms. The Hall–Kier alpha value is -2.48. The molecule has 1 N–H and O–H groups in total. The highest BCUT2D eigenvalue weighted by atomic mass is 79.9. The molecule has 0 saturated carbocycles. The number of halogens is 3. The smallest absolute Gasteiger partial charge is 0.331 e. The number of carbonyl (C=O) groups is 2. The third-order valence-corrected chi connectivity index (χ3v) is 2.90. The third kappa shape index (κ3) is 5.67. The lowest BCUT2D eigenvalue weighted by Gasteiger charge is -2.05. The highest BCUT2D eigenvalue weighted by Crippen LogP contribution is 2.15. The van der Waals surface area contributed by atoms with Crippen molar-refractivity contribution in [1.82, 2.24) is 0 Å². The van der Waals surface area contributed by atoms with E-state index in [0.717, 1.165) is 18.2 Å². The average molecular weight is 386 g/mol. The lowest BCUT2D eigenvalue weighted by Crippen LogP contribution is -2.20. The fraction of sp³-hybridized carbons (Fsp3) is 0.0667. The molecule has 1 aromatic heterocycles. The number of amides is 1. The summed E-state index contributed by atoms with van der Waals surface area (Å²) in [5.74, 6) is -2.72. The summed E-state index contributed by atoms with van der Waals surface area (Å²) in [6.07, 6.45) is 2.45. The van der Waals surface area contributed by atoms with Crippen LogP contribution in [0.15, 0.2) is 45.5 Å². The van der Waals surface area contributed by atoms with E-state index in [4.69, 9.17) is 4.42 Å². The number of esters is 1. The molecule has 0 atom stereocenters. The second-order valence-corrected chi connectivity index (χ2v) is 5.07. The Bertz CT molecular complexity index is 737. The molecule has 1 aromatic carbocycles. The summed E-state index contributed by atoms with van der Waals surface area (Å²) in [5, 5.41) is 2.21. The number of hydrogen-bond donors (Lipinski definition) is 1. The van der Waals surface area contributed by atoms with Crippen LogP contribution < -0.4 is 5.32 Å². The van der Waals surface area contributed by atoms with E-state index in [0.29, 0.717) is 16.5 Å². The molecular weight excluding hydrogens is 376 g/mol. The van der Waals surface area contributed by atoms with Gasteiger partial charge in [0, 0.05) is 17.8 Å². The summed E-state index contributed by atoms with van der Waals surface area (Å²) in [5.41, 5.74) is -0.0699. The van der Waals surface area contributed by atoms with Crippen LogP contribution in [0, 0.1) is 11.6 Å². The molecule has 0 radical (unpaired) electrons. The minimum atomic E-state index is -0.829. The van der Waals surface area contributed by atoms with E-state index in [1.54, 1.807) is 12.1 Å². The van der Waals surface area contributed by atoms with Gasteiger partial charge in [-0.3, -0.25) is 4.79 Å². The number of rotatable bonds is 5. The van der Waals surface area contributed by atoms with Gasteiger partial charge in [0.2, 0.25) is 0 Å². The third-order valence-electron chi connectivity index (χ3n) is 2.47. The number of hydrogen-bond acceptors (Lipinski definition) is 4. The molecule has 1 heterocycles. The van der Waals surface area contributed by atoms with Crippen molar-refractivity contribution in [2.24, 2.45) is 0 Å². The Morgan fingerprint density at radius 1 is 1.22 bits per heavy atom. The fourth-order valence-electron chi connectivity index (χ4n) is 1.58. The summed E-state index contributed by atoms with van der Waals surface area (Å²) in [4.78, 5) is 23.0. The van der Waals surface area contributed by atoms with Gasteiger partial charge in [-0.25, -0.2) is 13.6 Å². The Labute approximate surface area is 138 Å². The predicted molar refractivity (Wildman–Crippen MR) is 81.4 cm³/mol. The quantitative estimate of drug-likeness (QED) is 0.631. The second-order valence-electron chi connectivity index (χ2n) is 4.29. The Balaban J connectivity index is 1.81. The highest BCUT2D eigenvalue weighted by Gasteiger charge is 2.08. The largest absolute Gasteiger partial charge is 0.452 e. The van der Waals surface area contributed by atoms with Crippen LogP contribution in [0.25, 0.3) is 6.08 Å². The minimum absolute atomic E-state index is 0.0699. The first kappa shape index (κ1) is 16.9. The van der Waals surface area contributed by atoms with Gasteiger partial charge in [0.25, 0.3) is 5.91 Å². The van der Waals surface area contributed by atoms with Crippen LogP contribution in [-0.2, 0) is 14.3 Å². The SMILES string of the molecule is O=C(COC(=O)/C=C/c1ccc(Br)o1)Nc1cc(F)cc(F)c1. The average Bonchev–Trinajstić information content (AvgIpc) is 2.87. The van der Waals surface area contributed by atoms with Crippen molar-refractivity contribution in [3.05, 3.63) is 58.5 Å². The van der Waals surface area contributed by atoms with Gasteiger partial charge in [-0.05, 0) is 46.3 Å². The predicted octanol–water partition coefficient (Wildman–Crippen LogP) is 3.52. The van der Waals surface area contributed by atoms with Gasteiger partial charge in [-0.1, -0.05) is 0 Å². The van der Waals surface area contributed by atoms with E-state index >= 15 is 0 Å². The number of anilines is 1. The summed E-state index contributed by atoms with van der Waals surface area (Å²) < 4.78 is 36.2. The topological polar surface area (TPSA) is 68.5 Å². The van der Waals surface area contributed by atoms with E-state index in [1.807, 2.05) is 0 Å². The van der Waals surface area contributed by atoms with Crippen LogP contribution in [-0.4, -0.2) is 18.5 Å². The molecule has 0 bridgehead atoms. The Morgan fingerprint density at radius 3 is 2.52 bits per heavy atom. The lowest BCUT2D eigenvalue weighted by atomic mass is 10.3. The zero-order valence-corrected chi connectivity index (χ0v) is 13.1. The lowest BCUT2D eigenvalue weighted by molar-refractivity contribution is -0.142. The van der Waals surface area contributed by atoms with Crippen LogP contribution in [0.3, 0.4) is 0 Å². The number of benzene rings is 1. The zero-order valence-electron chi connectivity index (χ0n) is 11.5. The van der Waals surface area contributed by atoms with Crippen molar-refractivity contribution in [1.29, 1.82) is 0 Å². The van der Waals surface area contributed by atoms with Crippen molar-refractivity contribution >= 4 is 39.6 Å². The zero-order chi connectivity index (χ0) is 16.8. The van der Waals surface area contributed by atoms with Crippen LogP contribution in [0.5, 0.6) is 0 Å². The first-order valence-corrected chi connectivity index (χ1v) is 7.08. The molecule has 2 aromatic rings. The van der Waals surface area contributed by atoms with E-state index in [9.17, 15) is 18.4 Å². The molecule has 5 nitrogen and oxygen atoms in total. The van der Waals surface area contributed by atoms with E-state index in [1.165, 1.54) is 6.08 Å². The first-order chi connectivity index (χ1) is 10.9. The summed E-state index contributed by atoms with van der Waals surface area (Å²) in [6.45, 7) is -0.594. The Kier molecular flexibility index (Phi) is 5.64. The summed E-state index contributed by atoms with van der Waals surface area (Å²) >= 11 is 3.11. The van der Waals surface area contributed by atoms with Crippen molar-refractivity contribution in [3.63, 3.8) is 0 Å². The van der Waals surface area contributed by atoms with Crippen LogP contribution in [0.2, 0.25) is 0 Å². The minimum Gasteiger partial charge on any atom is -0.452 e. The molecule has 0 unspecified atom stereocenters. The molecular formula is C15H10BrF2NO4. The molecule has 2 rings (SSSR count). The molecule has 0 saturated heterocycles. The van der Waals surface area contributed by atoms with E-state index < -0.39 is 30.1 Å². The number of furan rings is 1. The molecule has 0 aliphatic carbocycles. The standard InChI is InChI=1S/C15H10BrF2NO4/c16-13-3-1-12(23-13)2-4-15(21)22-8-14(20)19-11-6-9(17)5-10(18)7-11/h1-7H,8H2,(H,19,20)/b4-2+.